The van der Waals surface area contributed by atoms with E-state index in [0.717, 1.165) is 23.4 Å². The highest BCUT2D eigenvalue weighted by Crippen LogP contribution is 2.37. The summed E-state index contributed by atoms with van der Waals surface area (Å²) >= 11 is 1.68. The van der Waals surface area contributed by atoms with E-state index < -0.39 is 0 Å². The van der Waals surface area contributed by atoms with E-state index >= 15 is 0 Å². The van der Waals surface area contributed by atoms with E-state index in [1.54, 1.807) is 17.5 Å². The summed E-state index contributed by atoms with van der Waals surface area (Å²) in [6, 6.07) is 4.02. The normalized spacial score (nSPS) is 12.9. The second-order valence-corrected chi connectivity index (χ2v) is 5.26. The van der Waals surface area contributed by atoms with Crippen LogP contribution in [-0.4, -0.2) is 17.6 Å². The Balaban J connectivity index is 1.94. The van der Waals surface area contributed by atoms with Gasteiger partial charge in [-0.3, -0.25) is 9.78 Å². The lowest BCUT2D eigenvalue weighted by molar-refractivity contribution is -0.142. The molecule has 0 amide bonds. The van der Waals surface area contributed by atoms with Crippen molar-refractivity contribution < 1.29 is 14.3 Å². The van der Waals surface area contributed by atoms with Gasteiger partial charge in [-0.05, 0) is 23.1 Å². The van der Waals surface area contributed by atoms with E-state index in [4.69, 9.17) is 9.47 Å². The van der Waals surface area contributed by atoms with Crippen LogP contribution in [0.1, 0.15) is 18.1 Å². The van der Waals surface area contributed by atoms with Crippen LogP contribution < -0.4 is 4.74 Å². The van der Waals surface area contributed by atoms with Crippen LogP contribution in [0.3, 0.4) is 0 Å². The minimum absolute atomic E-state index is 0.232. The molecule has 0 aromatic carbocycles. The molecule has 0 bridgehead atoms. The van der Waals surface area contributed by atoms with E-state index in [9.17, 15) is 4.79 Å². The van der Waals surface area contributed by atoms with E-state index in [1.165, 1.54) is 17.4 Å². The third kappa shape index (κ3) is 2.46. The molecule has 0 unspecified atom stereocenters. The zero-order chi connectivity index (χ0) is 13.2. The Labute approximate surface area is 115 Å². The zero-order valence-electron chi connectivity index (χ0n) is 10.5. The molecule has 4 nitrogen and oxygen atoms in total. The molecule has 3 heterocycles. The average molecular weight is 275 g/mol. The number of aromatic nitrogens is 1. The van der Waals surface area contributed by atoms with Crippen LogP contribution in [0, 0.1) is 0 Å². The third-order valence-electron chi connectivity index (χ3n) is 2.94. The van der Waals surface area contributed by atoms with Gasteiger partial charge in [-0.15, -0.1) is 11.3 Å². The summed E-state index contributed by atoms with van der Waals surface area (Å²) in [5.74, 6) is 0.474. The number of rotatable bonds is 2. The maximum atomic E-state index is 10.8. The van der Waals surface area contributed by atoms with Crippen molar-refractivity contribution in [3.63, 3.8) is 0 Å². The number of esters is 1. The van der Waals surface area contributed by atoms with Crippen molar-refractivity contribution in [3.05, 3.63) is 34.8 Å². The van der Waals surface area contributed by atoms with Gasteiger partial charge in [0.2, 0.25) is 0 Å². The van der Waals surface area contributed by atoms with Gasteiger partial charge in [-0.25, -0.2) is 0 Å². The predicted molar refractivity (Wildman–Crippen MR) is 72.2 cm³/mol. The highest BCUT2D eigenvalue weighted by atomic mass is 32.1. The maximum Gasteiger partial charge on any atom is 0.302 e. The Bertz CT molecular complexity index is 621. The monoisotopic (exact) mass is 275 g/mol. The molecule has 0 saturated carbocycles. The Morgan fingerprint density at radius 3 is 3.32 bits per heavy atom. The fraction of sp³-hybridized carbons (Fsp3) is 0.286. The standard InChI is InChI=1S/C14H13NO3S/c1-9(16)18-8-10-6-12-13(15-7-10)14-11(2-4-17-12)3-5-19-14/h3,5-7H,2,4,8H2,1H3. The second kappa shape index (κ2) is 5.01. The van der Waals surface area contributed by atoms with Crippen LogP contribution in [0.5, 0.6) is 5.75 Å². The molecular formula is C14H13NO3S. The van der Waals surface area contributed by atoms with Crippen LogP contribution in [0.4, 0.5) is 0 Å². The predicted octanol–water partition coefficient (Wildman–Crippen LogP) is 2.81. The quantitative estimate of drug-likeness (QED) is 0.791. The van der Waals surface area contributed by atoms with E-state index in [2.05, 4.69) is 16.4 Å². The van der Waals surface area contributed by atoms with Crippen molar-refractivity contribution in [1.29, 1.82) is 0 Å². The van der Waals surface area contributed by atoms with Crippen molar-refractivity contribution in [2.45, 2.75) is 20.0 Å². The Hall–Kier alpha value is -1.88. The minimum atomic E-state index is -0.295. The van der Waals surface area contributed by atoms with Crippen molar-refractivity contribution in [2.24, 2.45) is 0 Å². The molecule has 1 aliphatic heterocycles. The first-order chi connectivity index (χ1) is 9.24. The first kappa shape index (κ1) is 12.2. The van der Waals surface area contributed by atoms with Crippen LogP contribution in [0.25, 0.3) is 10.6 Å². The van der Waals surface area contributed by atoms with Crippen LogP contribution >= 0.6 is 11.3 Å². The molecule has 0 saturated heterocycles. The highest BCUT2D eigenvalue weighted by molar-refractivity contribution is 7.13. The Kier molecular flexibility index (Phi) is 3.21. The fourth-order valence-electron chi connectivity index (χ4n) is 2.04. The number of pyridine rings is 1. The lowest BCUT2D eigenvalue weighted by Crippen LogP contribution is -2.02. The van der Waals surface area contributed by atoms with E-state index in [0.29, 0.717) is 6.61 Å². The zero-order valence-corrected chi connectivity index (χ0v) is 11.3. The number of hydrogen-bond donors (Lipinski definition) is 0. The first-order valence-electron chi connectivity index (χ1n) is 6.06. The van der Waals surface area contributed by atoms with Gasteiger partial charge in [0.1, 0.15) is 18.1 Å². The summed E-state index contributed by atoms with van der Waals surface area (Å²) in [7, 11) is 0. The van der Waals surface area contributed by atoms with E-state index in [1.807, 2.05) is 6.07 Å². The summed E-state index contributed by atoms with van der Waals surface area (Å²) in [4.78, 5) is 16.5. The first-order valence-corrected chi connectivity index (χ1v) is 6.94. The Morgan fingerprint density at radius 2 is 2.47 bits per heavy atom. The average Bonchev–Trinajstić information content (AvgIpc) is 2.78. The number of thiophene rings is 1. The van der Waals surface area contributed by atoms with Crippen molar-refractivity contribution in [3.8, 4) is 16.3 Å². The summed E-state index contributed by atoms with van der Waals surface area (Å²) < 4.78 is 10.7. The molecule has 0 spiro atoms. The summed E-state index contributed by atoms with van der Waals surface area (Å²) in [5.41, 5.74) is 3.01. The van der Waals surface area contributed by atoms with Gasteiger partial charge in [0.05, 0.1) is 11.5 Å². The lowest BCUT2D eigenvalue weighted by atomic mass is 10.1. The smallest absolute Gasteiger partial charge is 0.302 e. The molecule has 5 heteroatoms. The molecule has 98 valence electrons. The molecule has 3 rings (SSSR count). The lowest BCUT2D eigenvalue weighted by Gasteiger charge is -2.08. The molecule has 0 aliphatic carbocycles. The Morgan fingerprint density at radius 1 is 1.58 bits per heavy atom. The molecule has 19 heavy (non-hydrogen) atoms. The second-order valence-electron chi connectivity index (χ2n) is 4.34. The van der Waals surface area contributed by atoms with Gasteiger partial charge < -0.3 is 9.47 Å². The van der Waals surface area contributed by atoms with Gasteiger partial charge in [0.25, 0.3) is 0 Å². The molecule has 0 fully saturated rings. The molecule has 0 N–H and O–H groups in total. The van der Waals surface area contributed by atoms with Crippen LogP contribution in [0.15, 0.2) is 23.7 Å². The number of ether oxygens (including phenoxy) is 2. The SMILES string of the molecule is CC(=O)OCc1cnc2c(c1)OCCc1ccsc1-2. The summed E-state index contributed by atoms with van der Waals surface area (Å²) in [6.07, 6.45) is 2.63. The fourth-order valence-corrected chi connectivity index (χ4v) is 3.00. The highest BCUT2D eigenvalue weighted by Gasteiger charge is 2.18. The summed E-state index contributed by atoms with van der Waals surface area (Å²) in [6.45, 7) is 2.27. The molecule has 2 aromatic heterocycles. The van der Waals surface area contributed by atoms with Gasteiger partial charge >= 0.3 is 5.97 Å². The van der Waals surface area contributed by atoms with Gasteiger partial charge in [0, 0.05) is 25.1 Å². The largest absolute Gasteiger partial charge is 0.491 e. The third-order valence-corrected chi connectivity index (χ3v) is 3.91. The molecule has 0 atom stereocenters. The van der Waals surface area contributed by atoms with E-state index in [-0.39, 0.29) is 12.6 Å². The van der Waals surface area contributed by atoms with Crippen molar-refractivity contribution in [1.82, 2.24) is 4.98 Å². The topological polar surface area (TPSA) is 48.4 Å². The number of hydrogen-bond acceptors (Lipinski definition) is 5. The van der Waals surface area contributed by atoms with Gasteiger partial charge in [0.15, 0.2) is 0 Å². The number of carbonyl (C=O) groups is 1. The number of fused-ring (bicyclic) bond motifs is 3. The van der Waals surface area contributed by atoms with Crippen molar-refractivity contribution >= 4 is 17.3 Å². The maximum absolute atomic E-state index is 10.8. The number of nitrogens with zero attached hydrogens (tertiary/aromatic N) is 1. The minimum Gasteiger partial charge on any atom is -0.491 e. The molecule has 0 radical (unpaired) electrons. The molecule has 2 aromatic rings. The molecule has 1 aliphatic rings. The van der Waals surface area contributed by atoms with Gasteiger partial charge in [-0.2, -0.15) is 0 Å². The molecular weight excluding hydrogens is 262 g/mol. The van der Waals surface area contributed by atoms with Gasteiger partial charge in [-0.1, -0.05) is 0 Å². The van der Waals surface area contributed by atoms with Crippen LogP contribution in [0.2, 0.25) is 0 Å². The number of carbonyl (C=O) groups excluding carboxylic acids is 1. The van der Waals surface area contributed by atoms with Crippen LogP contribution in [-0.2, 0) is 22.6 Å². The summed E-state index contributed by atoms with van der Waals surface area (Å²) in [5, 5.41) is 2.08. The van der Waals surface area contributed by atoms with Crippen molar-refractivity contribution in [2.75, 3.05) is 6.61 Å².